The third kappa shape index (κ3) is 6.66. The van der Waals surface area contributed by atoms with Crippen LogP contribution in [0.3, 0.4) is 0 Å². The molecule has 1 saturated heterocycles. The fourth-order valence-electron chi connectivity index (χ4n) is 4.20. The molecular weight excluding hydrogens is 464 g/mol. The number of nitrogens with zero attached hydrogens (tertiary/aromatic N) is 2. The summed E-state index contributed by atoms with van der Waals surface area (Å²) >= 11 is 5.98. The molecule has 2 heterocycles. The molecule has 1 unspecified atom stereocenters. The average Bonchev–Trinajstić information content (AvgIpc) is 3.38. The zero-order valence-corrected chi connectivity index (χ0v) is 20.1. The van der Waals surface area contributed by atoms with Crippen molar-refractivity contribution in [2.45, 2.75) is 31.4 Å². The Hall–Kier alpha value is -3.26. The molecule has 1 aliphatic heterocycles. The van der Waals surface area contributed by atoms with Crippen molar-refractivity contribution >= 4 is 29.1 Å². The maximum atomic E-state index is 12.9. The van der Waals surface area contributed by atoms with Gasteiger partial charge in [0.2, 0.25) is 5.91 Å². The lowest BCUT2D eigenvalue weighted by Crippen LogP contribution is -2.43. The van der Waals surface area contributed by atoms with E-state index in [4.69, 9.17) is 11.6 Å². The van der Waals surface area contributed by atoms with E-state index >= 15 is 0 Å². The highest BCUT2D eigenvalue weighted by molar-refractivity contribution is 6.30. The first-order valence-electron chi connectivity index (χ1n) is 11.8. The summed E-state index contributed by atoms with van der Waals surface area (Å²) in [5, 5.41) is 17.1. The van der Waals surface area contributed by atoms with Crippen LogP contribution >= 0.6 is 11.6 Å². The molecule has 4 rings (SSSR count). The van der Waals surface area contributed by atoms with E-state index in [1.165, 1.54) is 0 Å². The molecule has 0 spiro atoms. The van der Waals surface area contributed by atoms with Crippen LogP contribution in [-0.4, -0.2) is 52.5 Å². The second-order valence-corrected chi connectivity index (χ2v) is 9.02. The Morgan fingerprint density at radius 3 is 2.69 bits per heavy atom. The minimum Gasteiger partial charge on any atom is -0.387 e. The Labute approximate surface area is 210 Å². The average molecular weight is 493 g/mol. The first kappa shape index (κ1) is 24.9. The number of nitrogens with one attached hydrogen (secondary N) is 2. The molecule has 0 saturated carbocycles. The van der Waals surface area contributed by atoms with E-state index in [2.05, 4.69) is 15.6 Å². The minimum atomic E-state index is -0.619. The fourth-order valence-corrected chi connectivity index (χ4v) is 4.40. The molecule has 0 radical (unpaired) electrons. The number of aliphatic hydroxyl groups excluding tert-OH is 1. The van der Waals surface area contributed by atoms with Crippen LogP contribution in [-0.2, 0) is 11.2 Å². The van der Waals surface area contributed by atoms with Gasteiger partial charge >= 0.3 is 0 Å². The van der Waals surface area contributed by atoms with Crippen LogP contribution in [0.1, 0.15) is 40.6 Å². The Morgan fingerprint density at radius 2 is 1.94 bits per heavy atom. The van der Waals surface area contributed by atoms with Gasteiger partial charge in [-0.1, -0.05) is 41.9 Å². The number of hydrogen-bond donors (Lipinski definition) is 3. The molecule has 1 aromatic heterocycles. The Morgan fingerprint density at radius 1 is 1.11 bits per heavy atom. The quantitative estimate of drug-likeness (QED) is 0.394. The van der Waals surface area contributed by atoms with Gasteiger partial charge in [0.15, 0.2) is 0 Å². The number of halogens is 1. The minimum absolute atomic E-state index is 0.184. The van der Waals surface area contributed by atoms with Gasteiger partial charge in [-0.2, -0.15) is 0 Å². The SMILES string of the molecule is O=C(Nc1ccc(CCNCC(O)c2cccc(Cl)c2)cc1)[C@@H]1CCCN1C(=O)c1ccccn1. The number of carbonyl (C=O) groups excluding carboxylic acids is 2. The number of aliphatic hydroxyl groups is 1. The lowest BCUT2D eigenvalue weighted by atomic mass is 10.1. The topological polar surface area (TPSA) is 94.6 Å². The number of pyridine rings is 1. The summed E-state index contributed by atoms with van der Waals surface area (Å²) in [4.78, 5) is 31.4. The van der Waals surface area contributed by atoms with Crippen LogP contribution in [0.25, 0.3) is 0 Å². The predicted molar refractivity (Wildman–Crippen MR) is 136 cm³/mol. The van der Waals surface area contributed by atoms with E-state index in [0.717, 1.165) is 24.0 Å². The maximum Gasteiger partial charge on any atom is 0.273 e. The zero-order valence-electron chi connectivity index (χ0n) is 19.4. The van der Waals surface area contributed by atoms with Crippen LogP contribution < -0.4 is 10.6 Å². The van der Waals surface area contributed by atoms with Gasteiger partial charge in [-0.25, -0.2) is 0 Å². The molecule has 8 heteroatoms. The van der Waals surface area contributed by atoms with E-state index in [9.17, 15) is 14.7 Å². The van der Waals surface area contributed by atoms with Crippen LogP contribution in [0.2, 0.25) is 5.02 Å². The molecule has 35 heavy (non-hydrogen) atoms. The summed E-state index contributed by atoms with van der Waals surface area (Å²) in [5.41, 5.74) is 2.94. The van der Waals surface area contributed by atoms with Crippen molar-refractivity contribution in [3.05, 3.63) is 94.8 Å². The first-order valence-corrected chi connectivity index (χ1v) is 12.1. The molecule has 0 aliphatic carbocycles. The molecule has 2 aromatic carbocycles. The van der Waals surface area contributed by atoms with Crippen molar-refractivity contribution in [3.8, 4) is 0 Å². The maximum absolute atomic E-state index is 12.9. The van der Waals surface area contributed by atoms with Gasteiger partial charge in [0, 0.05) is 30.0 Å². The molecule has 0 bridgehead atoms. The third-order valence-electron chi connectivity index (χ3n) is 6.08. The Bertz CT molecular complexity index is 1140. The summed E-state index contributed by atoms with van der Waals surface area (Å²) in [5.74, 6) is -0.400. The molecule has 2 amide bonds. The number of amides is 2. The number of benzene rings is 2. The number of aromatic nitrogens is 1. The van der Waals surface area contributed by atoms with Crippen molar-refractivity contribution in [3.63, 3.8) is 0 Å². The standard InChI is InChI=1S/C27H29ClN4O3/c28-21-6-3-5-20(17-21)25(33)18-29-15-13-19-9-11-22(12-10-19)31-26(34)24-8-4-16-32(24)27(35)23-7-1-2-14-30-23/h1-3,5-7,9-12,14,17,24-25,29,33H,4,8,13,15-16,18H2,(H,31,34)/t24-,25?/m0/s1. The van der Waals surface area contributed by atoms with Crippen LogP contribution in [0.5, 0.6) is 0 Å². The van der Waals surface area contributed by atoms with Gasteiger partial charge in [0.25, 0.3) is 5.91 Å². The van der Waals surface area contributed by atoms with Gasteiger partial charge in [0.05, 0.1) is 6.10 Å². The summed E-state index contributed by atoms with van der Waals surface area (Å²) in [7, 11) is 0. The number of hydrogen-bond acceptors (Lipinski definition) is 5. The van der Waals surface area contributed by atoms with E-state index in [1.54, 1.807) is 41.4 Å². The fraction of sp³-hybridized carbons (Fsp3) is 0.296. The van der Waals surface area contributed by atoms with Gasteiger partial charge in [0.1, 0.15) is 11.7 Å². The highest BCUT2D eigenvalue weighted by Crippen LogP contribution is 2.22. The lowest BCUT2D eigenvalue weighted by Gasteiger charge is -2.23. The normalized spacial score (nSPS) is 16.2. The second kappa shape index (κ2) is 11.9. The van der Waals surface area contributed by atoms with E-state index < -0.39 is 12.1 Å². The monoisotopic (exact) mass is 492 g/mol. The predicted octanol–water partition coefficient (Wildman–Crippen LogP) is 3.84. The van der Waals surface area contributed by atoms with Crippen molar-refractivity contribution < 1.29 is 14.7 Å². The smallest absolute Gasteiger partial charge is 0.273 e. The number of carbonyl (C=O) groups is 2. The van der Waals surface area contributed by atoms with Gasteiger partial charge < -0.3 is 20.6 Å². The number of likely N-dealkylation sites (tertiary alicyclic amines) is 1. The van der Waals surface area contributed by atoms with Crippen molar-refractivity contribution in [1.29, 1.82) is 0 Å². The number of rotatable bonds is 9. The molecule has 2 atom stereocenters. The van der Waals surface area contributed by atoms with Crippen LogP contribution in [0.15, 0.2) is 72.9 Å². The molecule has 7 nitrogen and oxygen atoms in total. The molecule has 3 N–H and O–H groups in total. The lowest BCUT2D eigenvalue weighted by molar-refractivity contribution is -0.119. The molecular formula is C27H29ClN4O3. The summed E-state index contributed by atoms with van der Waals surface area (Å²) < 4.78 is 0. The van der Waals surface area contributed by atoms with Crippen LogP contribution in [0.4, 0.5) is 5.69 Å². The molecule has 1 fully saturated rings. The Balaban J connectivity index is 1.24. The summed E-state index contributed by atoms with van der Waals surface area (Å²) in [6.07, 6.45) is 3.16. The van der Waals surface area contributed by atoms with Gasteiger partial charge in [-0.05, 0) is 73.3 Å². The van der Waals surface area contributed by atoms with Crippen molar-refractivity contribution in [2.24, 2.45) is 0 Å². The largest absolute Gasteiger partial charge is 0.387 e. The highest BCUT2D eigenvalue weighted by Gasteiger charge is 2.35. The van der Waals surface area contributed by atoms with Crippen LogP contribution in [0, 0.1) is 0 Å². The number of anilines is 1. The second-order valence-electron chi connectivity index (χ2n) is 8.58. The third-order valence-corrected chi connectivity index (χ3v) is 6.32. The highest BCUT2D eigenvalue weighted by atomic mass is 35.5. The molecule has 182 valence electrons. The zero-order chi connectivity index (χ0) is 24.6. The molecule has 3 aromatic rings. The Kier molecular flexibility index (Phi) is 8.47. The first-order chi connectivity index (χ1) is 17.0. The molecule has 1 aliphatic rings. The van der Waals surface area contributed by atoms with E-state index in [1.807, 2.05) is 36.4 Å². The van der Waals surface area contributed by atoms with E-state index in [-0.39, 0.29) is 11.8 Å². The van der Waals surface area contributed by atoms with E-state index in [0.29, 0.717) is 42.5 Å². The summed E-state index contributed by atoms with van der Waals surface area (Å²) in [6.45, 7) is 1.69. The summed E-state index contributed by atoms with van der Waals surface area (Å²) in [6, 6.07) is 19.6. The van der Waals surface area contributed by atoms with Gasteiger partial charge in [-0.15, -0.1) is 0 Å². The van der Waals surface area contributed by atoms with Crippen molar-refractivity contribution in [2.75, 3.05) is 25.0 Å². The van der Waals surface area contributed by atoms with Gasteiger partial charge in [-0.3, -0.25) is 14.6 Å². The van der Waals surface area contributed by atoms with Crippen molar-refractivity contribution in [1.82, 2.24) is 15.2 Å².